The number of halogens is 1. The minimum atomic E-state index is -0.425. The van der Waals surface area contributed by atoms with E-state index in [2.05, 4.69) is 20.8 Å². The molecular formula is C21H17ClN4O2. The van der Waals surface area contributed by atoms with E-state index in [0.29, 0.717) is 18.1 Å². The van der Waals surface area contributed by atoms with Crippen molar-refractivity contribution in [2.24, 2.45) is 0 Å². The van der Waals surface area contributed by atoms with Gasteiger partial charge in [0.2, 0.25) is 0 Å². The predicted molar refractivity (Wildman–Crippen MR) is 108 cm³/mol. The van der Waals surface area contributed by atoms with Crippen molar-refractivity contribution in [1.82, 2.24) is 15.5 Å². The fourth-order valence-corrected chi connectivity index (χ4v) is 3.10. The lowest BCUT2D eigenvalue weighted by atomic mass is 10.0. The number of carbonyl (C=O) groups excluding carboxylic acids is 1. The minimum Gasteiger partial charge on any atom is -0.399 e. The Morgan fingerprint density at radius 2 is 1.64 bits per heavy atom. The maximum Gasteiger partial charge on any atom is 0.316 e. The van der Waals surface area contributed by atoms with Crippen molar-refractivity contribution in [3.63, 3.8) is 0 Å². The van der Waals surface area contributed by atoms with Gasteiger partial charge in [0.1, 0.15) is 0 Å². The van der Waals surface area contributed by atoms with Crippen LogP contribution >= 0.6 is 11.6 Å². The normalized spacial score (nSPS) is 10.8. The second-order valence-corrected chi connectivity index (χ2v) is 6.59. The fraction of sp³-hybridized carbons (Fsp3) is 0.0952. The van der Waals surface area contributed by atoms with Crippen LogP contribution in [0.2, 0.25) is 5.02 Å². The third-order valence-electron chi connectivity index (χ3n) is 4.33. The molecule has 0 saturated heterocycles. The number of hydrogen-bond donors (Lipinski definition) is 2. The first-order chi connectivity index (χ1) is 13.7. The van der Waals surface area contributed by atoms with Gasteiger partial charge < -0.3 is 15.1 Å². The standard InChI is InChI=1S/C21H17ClN4O2/c22-18-11-4-2-7-16(18)13-24-21-26-25-20(28-21)19(27)23-12-15-9-5-8-14-6-1-3-10-17(14)15/h1-11H,12-13H2,(H,23,27)(H,24,26). The Labute approximate surface area is 166 Å². The Balaban J connectivity index is 1.38. The lowest BCUT2D eigenvalue weighted by Crippen LogP contribution is -2.23. The molecule has 0 saturated carbocycles. The van der Waals surface area contributed by atoms with Crippen molar-refractivity contribution in [1.29, 1.82) is 0 Å². The number of nitrogens with one attached hydrogen (secondary N) is 2. The van der Waals surface area contributed by atoms with E-state index in [1.807, 2.05) is 60.7 Å². The molecule has 3 aromatic carbocycles. The molecule has 0 spiro atoms. The number of benzene rings is 3. The number of aromatic nitrogens is 2. The molecule has 0 atom stereocenters. The van der Waals surface area contributed by atoms with Gasteiger partial charge in [-0.05, 0) is 28.0 Å². The summed E-state index contributed by atoms with van der Waals surface area (Å²) in [6.45, 7) is 0.782. The zero-order valence-corrected chi connectivity index (χ0v) is 15.6. The van der Waals surface area contributed by atoms with Crippen molar-refractivity contribution < 1.29 is 9.21 Å². The van der Waals surface area contributed by atoms with E-state index >= 15 is 0 Å². The minimum absolute atomic E-state index is 0.0955. The molecule has 1 aromatic heterocycles. The molecule has 4 aromatic rings. The van der Waals surface area contributed by atoms with Gasteiger partial charge >= 0.3 is 17.8 Å². The summed E-state index contributed by atoms with van der Waals surface area (Å²) >= 11 is 6.12. The predicted octanol–water partition coefficient (Wildman–Crippen LogP) is 4.42. The number of hydrogen-bond acceptors (Lipinski definition) is 5. The first-order valence-corrected chi connectivity index (χ1v) is 9.14. The van der Waals surface area contributed by atoms with Crippen LogP contribution in [0.25, 0.3) is 10.8 Å². The molecule has 0 bridgehead atoms. The number of anilines is 1. The van der Waals surface area contributed by atoms with Gasteiger partial charge in [0.05, 0.1) is 0 Å². The van der Waals surface area contributed by atoms with Crippen LogP contribution in [0.3, 0.4) is 0 Å². The third kappa shape index (κ3) is 3.97. The van der Waals surface area contributed by atoms with E-state index in [1.165, 1.54) is 0 Å². The van der Waals surface area contributed by atoms with Crippen molar-refractivity contribution in [3.05, 3.63) is 88.8 Å². The van der Waals surface area contributed by atoms with E-state index in [9.17, 15) is 4.79 Å². The smallest absolute Gasteiger partial charge is 0.316 e. The number of fused-ring (bicyclic) bond motifs is 1. The van der Waals surface area contributed by atoms with E-state index in [1.54, 1.807) is 6.07 Å². The highest BCUT2D eigenvalue weighted by atomic mass is 35.5. The molecule has 0 aliphatic heterocycles. The number of amides is 1. The van der Waals surface area contributed by atoms with Gasteiger partial charge in [0.15, 0.2) is 0 Å². The molecule has 2 N–H and O–H groups in total. The zero-order valence-electron chi connectivity index (χ0n) is 14.9. The number of nitrogens with zero attached hydrogens (tertiary/aromatic N) is 2. The highest BCUT2D eigenvalue weighted by Gasteiger charge is 2.15. The molecule has 1 amide bonds. The van der Waals surface area contributed by atoms with E-state index < -0.39 is 5.91 Å². The van der Waals surface area contributed by atoms with Crippen molar-refractivity contribution >= 4 is 34.3 Å². The molecule has 0 unspecified atom stereocenters. The van der Waals surface area contributed by atoms with E-state index in [4.69, 9.17) is 16.0 Å². The maximum atomic E-state index is 12.3. The van der Waals surface area contributed by atoms with Gasteiger partial charge in [-0.1, -0.05) is 77.4 Å². The fourth-order valence-electron chi connectivity index (χ4n) is 2.90. The summed E-state index contributed by atoms with van der Waals surface area (Å²) in [6.07, 6.45) is 0. The molecule has 1 heterocycles. The van der Waals surface area contributed by atoms with Crippen LogP contribution in [0.15, 0.2) is 71.1 Å². The molecule has 0 aliphatic rings. The lowest BCUT2D eigenvalue weighted by molar-refractivity contribution is 0.0917. The molecule has 0 aliphatic carbocycles. The molecule has 0 fully saturated rings. The summed E-state index contributed by atoms with van der Waals surface area (Å²) in [4.78, 5) is 12.3. The Morgan fingerprint density at radius 3 is 2.54 bits per heavy atom. The molecule has 6 nitrogen and oxygen atoms in total. The average molecular weight is 393 g/mol. The molecular weight excluding hydrogens is 376 g/mol. The summed E-state index contributed by atoms with van der Waals surface area (Å²) in [5, 5.41) is 16.3. The Hall–Kier alpha value is -3.38. The van der Waals surface area contributed by atoms with E-state index in [0.717, 1.165) is 21.9 Å². The summed E-state index contributed by atoms with van der Waals surface area (Å²) < 4.78 is 5.39. The van der Waals surface area contributed by atoms with Gasteiger partial charge in [0, 0.05) is 18.1 Å². The molecule has 140 valence electrons. The third-order valence-corrected chi connectivity index (χ3v) is 4.70. The Bertz CT molecular complexity index is 1120. The number of carbonyl (C=O) groups is 1. The van der Waals surface area contributed by atoms with Gasteiger partial charge in [-0.2, -0.15) is 0 Å². The van der Waals surface area contributed by atoms with Crippen molar-refractivity contribution in [3.8, 4) is 0 Å². The van der Waals surface area contributed by atoms with Crippen LogP contribution in [-0.4, -0.2) is 16.1 Å². The van der Waals surface area contributed by atoms with E-state index in [-0.39, 0.29) is 11.9 Å². The quantitative estimate of drug-likeness (QED) is 0.507. The first-order valence-electron chi connectivity index (χ1n) is 8.76. The number of rotatable bonds is 6. The van der Waals surface area contributed by atoms with Crippen LogP contribution in [0.4, 0.5) is 6.01 Å². The van der Waals surface area contributed by atoms with Crippen LogP contribution in [-0.2, 0) is 13.1 Å². The van der Waals surface area contributed by atoms with Gasteiger partial charge in [-0.25, -0.2) is 0 Å². The van der Waals surface area contributed by atoms with Gasteiger partial charge in [0.25, 0.3) is 0 Å². The monoisotopic (exact) mass is 392 g/mol. The molecule has 7 heteroatoms. The van der Waals surface area contributed by atoms with Crippen molar-refractivity contribution in [2.45, 2.75) is 13.1 Å². The Kier molecular flexibility index (Phi) is 5.21. The van der Waals surface area contributed by atoms with Crippen LogP contribution in [0.1, 0.15) is 21.8 Å². The van der Waals surface area contributed by atoms with Gasteiger partial charge in [-0.3, -0.25) is 4.79 Å². The maximum absolute atomic E-state index is 12.3. The second-order valence-electron chi connectivity index (χ2n) is 6.18. The van der Waals surface area contributed by atoms with Gasteiger partial charge in [-0.15, -0.1) is 5.10 Å². The van der Waals surface area contributed by atoms with Crippen LogP contribution in [0, 0.1) is 0 Å². The molecule has 28 heavy (non-hydrogen) atoms. The van der Waals surface area contributed by atoms with Crippen LogP contribution in [0.5, 0.6) is 0 Å². The SMILES string of the molecule is O=C(NCc1cccc2ccccc12)c1nnc(NCc2ccccc2Cl)o1. The average Bonchev–Trinajstić information content (AvgIpc) is 3.20. The summed E-state index contributed by atoms with van der Waals surface area (Å²) in [6, 6.07) is 21.6. The van der Waals surface area contributed by atoms with Crippen LogP contribution < -0.4 is 10.6 Å². The molecule has 4 rings (SSSR count). The Morgan fingerprint density at radius 1 is 0.893 bits per heavy atom. The summed E-state index contributed by atoms with van der Waals surface area (Å²) in [7, 11) is 0. The summed E-state index contributed by atoms with van der Waals surface area (Å²) in [5.41, 5.74) is 1.91. The largest absolute Gasteiger partial charge is 0.399 e. The first kappa shape index (κ1) is 18.0. The second kappa shape index (κ2) is 8.10. The van der Waals surface area contributed by atoms with Crippen molar-refractivity contribution in [2.75, 3.05) is 5.32 Å². The highest BCUT2D eigenvalue weighted by Crippen LogP contribution is 2.19. The highest BCUT2D eigenvalue weighted by molar-refractivity contribution is 6.31. The topological polar surface area (TPSA) is 80.0 Å². The molecule has 0 radical (unpaired) electrons. The summed E-state index contributed by atoms with van der Waals surface area (Å²) in [5.74, 6) is -0.520. The lowest BCUT2D eigenvalue weighted by Gasteiger charge is -2.07. The zero-order chi connectivity index (χ0) is 19.3.